The molecule has 3 heteroatoms. The third-order valence-corrected chi connectivity index (χ3v) is 4.21. The van der Waals surface area contributed by atoms with Gasteiger partial charge in [-0.25, -0.2) is 4.79 Å². The Kier molecular flexibility index (Phi) is 3.95. The number of aryl methyl sites for hydroxylation is 2. The molecule has 0 aliphatic heterocycles. The topological polar surface area (TPSA) is 49.3 Å². The molecule has 1 fully saturated rings. The lowest BCUT2D eigenvalue weighted by molar-refractivity contribution is -0.145. The van der Waals surface area contributed by atoms with Crippen LogP contribution in [-0.2, 0) is 10.3 Å². The lowest BCUT2D eigenvalue weighted by Gasteiger charge is -2.32. The van der Waals surface area contributed by atoms with Crippen molar-refractivity contribution in [3.63, 3.8) is 0 Å². The highest BCUT2D eigenvalue weighted by Gasteiger charge is 2.38. The summed E-state index contributed by atoms with van der Waals surface area (Å²) >= 11 is 0. The molecule has 2 rings (SSSR count). The third-order valence-electron chi connectivity index (χ3n) is 4.21. The fourth-order valence-electron chi connectivity index (χ4n) is 3.01. The fraction of sp³-hybridized carbons (Fsp3) is 0.562. The Bertz CT molecular complexity index is 478. The molecule has 1 aliphatic carbocycles. The van der Waals surface area contributed by atoms with Gasteiger partial charge in [0.1, 0.15) is 5.54 Å². The van der Waals surface area contributed by atoms with E-state index in [1.54, 1.807) is 6.92 Å². The smallest absolute Gasteiger partial charge is 0.328 e. The monoisotopic (exact) mass is 261 g/mol. The molecule has 1 unspecified atom stereocenters. The average molecular weight is 261 g/mol. The number of carbonyl (C=O) groups is 1. The summed E-state index contributed by atoms with van der Waals surface area (Å²) in [6.45, 7) is 5.77. The van der Waals surface area contributed by atoms with E-state index >= 15 is 0 Å². The Morgan fingerprint density at radius 1 is 1.32 bits per heavy atom. The van der Waals surface area contributed by atoms with Crippen LogP contribution in [0.25, 0.3) is 0 Å². The van der Waals surface area contributed by atoms with Gasteiger partial charge in [-0.3, -0.25) is 5.32 Å². The highest BCUT2D eigenvalue weighted by Crippen LogP contribution is 2.29. The van der Waals surface area contributed by atoms with Gasteiger partial charge < -0.3 is 5.11 Å². The van der Waals surface area contributed by atoms with Crippen LogP contribution in [0, 0.1) is 13.8 Å². The first-order chi connectivity index (χ1) is 8.93. The van der Waals surface area contributed by atoms with Crippen LogP contribution in [0.2, 0.25) is 0 Å². The molecule has 19 heavy (non-hydrogen) atoms. The number of carboxylic acids is 1. The summed E-state index contributed by atoms with van der Waals surface area (Å²) in [4.78, 5) is 11.8. The predicted molar refractivity (Wildman–Crippen MR) is 76.3 cm³/mol. The average Bonchev–Trinajstić information content (AvgIpc) is 2.84. The molecule has 2 N–H and O–H groups in total. The summed E-state index contributed by atoms with van der Waals surface area (Å²) in [7, 11) is 0. The summed E-state index contributed by atoms with van der Waals surface area (Å²) in [5.74, 6) is -0.798. The van der Waals surface area contributed by atoms with Crippen molar-refractivity contribution in [1.82, 2.24) is 5.32 Å². The standard InChI is InChI=1S/C16H23NO2/c1-11-8-9-12(2)14(10-11)16(3,15(18)19)17-13-6-4-5-7-13/h8-10,13,17H,4-7H2,1-3H3,(H,18,19). The van der Waals surface area contributed by atoms with Crippen molar-refractivity contribution >= 4 is 5.97 Å². The van der Waals surface area contributed by atoms with Gasteiger partial charge in [0.2, 0.25) is 0 Å². The van der Waals surface area contributed by atoms with Crippen LogP contribution in [-0.4, -0.2) is 17.1 Å². The van der Waals surface area contributed by atoms with E-state index in [9.17, 15) is 9.90 Å². The zero-order valence-corrected chi connectivity index (χ0v) is 12.0. The first-order valence-electron chi connectivity index (χ1n) is 7.02. The highest BCUT2D eigenvalue weighted by molar-refractivity contribution is 5.81. The first-order valence-corrected chi connectivity index (χ1v) is 7.02. The largest absolute Gasteiger partial charge is 0.480 e. The van der Waals surface area contributed by atoms with Crippen LogP contribution in [0.4, 0.5) is 0 Å². The molecular weight excluding hydrogens is 238 g/mol. The fourth-order valence-corrected chi connectivity index (χ4v) is 3.01. The van der Waals surface area contributed by atoms with Crippen LogP contribution in [0.15, 0.2) is 18.2 Å². The molecule has 0 bridgehead atoms. The van der Waals surface area contributed by atoms with Crippen molar-refractivity contribution in [1.29, 1.82) is 0 Å². The molecule has 3 nitrogen and oxygen atoms in total. The Labute approximate surface area is 115 Å². The van der Waals surface area contributed by atoms with Crippen molar-refractivity contribution in [2.24, 2.45) is 0 Å². The van der Waals surface area contributed by atoms with E-state index in [4.69, 9.17) is 0 Å². The van der Waals surface area contributed by atoms with Gasteiger partial charge >= 0.3 is 5.97 Å². The van der Waals surface area contributed by atoms with Gasteiger partial charge in [-0.15, -0.1) is 0 Å². The molecule has 0 aromatic heterocycles. The molecule has 1 atom stereocenters. The normalized spacial score (nSPS) is 19.3. The van der Waals surface area contributed by atoms with Gasteiger partial charge in [-0.1, -0.05) is 36.6 Å². The van der Waals surface area contributed by atoms with E-state index in [0.717, 1.165) is 29.5 Å². The number of hydrogen-bond acceptors (Lipinski definition) is 2. The Balaban J connectivity index is 2.37. The van der Waals surface area contributed by atoms with E-state index < -0.39 is 11.5 Å². The van der Waals surface area contributed by atoms with Crippen LogP contribution in [0.5, 0.6) is 0 Å². The number of rotatable bonds is 4. The minimum atomic E-state index is -0.995. The quantitative estimate of drug-likeness (QED) is 0.875. The van der Waals surface area contributed by atoms with Crippen LogP contribution >= 0.6 is 0 Å². The second-order valence-corrected chi connectivity index (χ2v) is 5.87. The molecular formula is C16H23NO2. The molecule has 0 saturated heterocycles. The van der Waals surface area contributed by atoms with E-state index in [1.165, 1.54) is 12.8 Å². The Morgan fingerprint density at radius 2 is 1.95 bits per heavy atom. The van der Waals surface area contributed by atoms with Gasteiger partial charge in [0, 0.05) is 6.04 Å². The van der Waals surface area contributed by atoms with Crippen LogP contribution in [0.3, 0.4) is 0 Å². The molecule has 1 saturated carbocycles. The van der Waals surface area contributed by atoms with Crippen molar-refractivity contribution in [3.05, 3.63) is 34.9 Å². The summed E-state index contributed by atoms with van der Waals surface area (Å²) in [5.41, 5.74) is 2.01. The number of benzene rings is 1. The molecule has 1 aromatic rings. The summed E-state index contributed by atoms with van der Waals surface area (Å²) in [6, 6.07) is 6.34. The van der Waals surface area contributed by atoms with Crippen molar-refractivity contribution < 1.29 is 9.90 Å². The maximum absolute atomic E-state index is 11.8. The van der Waals surface area contributed by atoms with Crippen LogP contribution < -0.4 is 5.32 Å². The van der Waals surface area contributed by atoms with Gasteiger partial charge in [0.05, 0.1) is 0 Å². The second kappa shape index (κ2) is 5.33. The van der Waals surface area contributed by atoms with Gasteiger partial charge in [0.25, 0.3) is 0 Å². The third kappa shape index (κ3) is 2.81. The lowest BCUT2D eigenvalue weighted by Crippen LogP contribution is -2.51. The van der Waals surface area contributed by atoms with Gasteiger partial charge in [-0.05, 0) is 44.7 Å². The van der Waals surface area contributed by atoms with Gasteiger partial charge in [0.15, 0.2) is 0 Å². The van der Waals surface area contributed by atoms with Crippen LogP contribution in [0.1, 0.15) is 49.3 Å². The van der Waals surface area contributed by atoms with E-state index in [1.807, 2.05) is 32.0 Å². The molecule has 104 valence electrons. The summed E-state index contributed by atoms with van der Waals surface area (Å²) in [6.07, 6.45) is 4.54. The maximum Gasteiger partial charge on any atom is 0.328 e. The van der Waals surface area contributed by atoms with E-state index in [2.05, 4.69) is 5.32 Å². The maximum atomic E-state index is 11.8. The predicted octanol–water partition coefficient (Wildman–Crippen LogP) is 3.14. The molecule has 0 spiro atoms. The summed E-state index contributed by atoms with van der Waals surface area (Å²) < 4.78 is 0. The minimum absolute atomic E-state index is 0.320. The highest BCUT2D eigenvalue weighted by atomic mass is 16.4. The number of aliphatic carboxylic acids is 1. The van der Waals surface area contributed by atoms with E-state index in [-0.39, 0.29) is 0 Å². The summed E-state index contributed by atoms with van der Waals surface area (Å²) in [5, 5.41) is 13.1. The first kappa shape index (κ1) is 14.1. The zero-order valence-electron chi connectivity index (χ0n) is 12.0. The number of hydrogen-bond donors (Lipinski definition) is 2. The SMILES string of the molecule is Cc1ccc(C)c(C(C)(NC2CCCC2)C(=O)O)c1. The lowest BCUT2D eigenvalue weighted by atomic mass is 9.86. The van der Waals surface area contributed by atoms with Gasteiger partial charge in [-0.2, -0.15) is 0 Å². The Morgan fingerprint density at radius 3 is 2.53 bits per heavy atom. The number of nitrogens with one attached hydrogen (secondary N) is 1. The zero-order chi connectivity index (χ0) is 14.0. The second-order valence-electron chi connectivity index (χ2n) is 5.87. The molecule has 0 amide bonds. The van der Waals surface area contributed by atoms with Crippen molar-refractivity contribution in [2.75, 3.05) is 0 Å². The molecule has 0 heterocycles. The van der Waals surface area contributed by atoms with Crippen molar-refractivity contribution in [3.8, 4) is 0 Å². The van der Waals surface area contributed by atoms with Crippen molar-refractivity contribution in [2.45, 2.75) is 58.0 Å². The minimum Gasteiger partial charge on any atom is -0.480 e. The Hall–Kier alpha value is -1.35. The molecule has 0 radical (unpaired) electrons. The molecule has 1 aromatic carbocycles. The van der Waals surface area contributed by atoms with E-state index in [0.29, 0.717) is 6.04 Å². The number of carboxylic acid groups (broad SMARTS) is 1. The molecule has 1 aliphatic rings.